The summed E-state index contributed by atoms with van der Waals surface area (Å²) in [6.07, 6.45) is 0.656. The standard InChI is InChI=1S/C16H15ClN2O3S/c17-13-4-2-1-3-11(13)8-22-9-12(20)7-19-10-18-14-5-6-23-15(14)16(19)21/h1-6,10,12,20H,7-9H2. The van der Waals surface area contributed by atoms with E-state index >= 15 is 0 Å². The molecule has 0 amide bonds. The maximum absolute atomic E-state index is 12.2. The fraction of sp³-hybridized carbons (Fsp3) is 0.250. The van der Waals surface area contributed by atoms with Gasteiger partial charge < -0.3 is 9.84 Å². The first-order valence-electron chi connectivity index (χ1n) is 7.07. The molecule has 0 aliphatic rings. The smallest absolute Gasteiger partial charge is 0.271 e. The number of aromatic nitrogens is 2. The number of halogens is 1. The lowest BCUT2D eigenvalue weighted by atomic mass is 10.2. The normalized spacial score (nSPS) is 12.6. The summed E-state index contributed by atoms with van der Waals surface area (Å²) in [4.78, 5) is 16.4. The van der Waals surface area contributed by atoms with Crippen molar-refractivity contribution in [3.8, 4) is 0 Å². The molecule has 0 aliphatic carbocycles. The second-order valence-corrected chi connectivity index (χ2v) is 6.42. The molecule has 1 unspecified atom stereocenters. The van der Waals surface area contributed by atoms with E-state index in [0.717, 1.165) is 5.56 Å². The Balaban J connectivity index is 1.58. The van der Waals surface area contributed by atoms with E-state index in [4.69, 9.17) is 16.3 Å². The summed E-state index contributed by atoms with van der Waals surface area (Å²) in [6, 6.07) is 9.18. The molecule has 1 atom stereocenters. The topological polar surface area (TPSA) is 64.4 Å². The van der Waals surface area contributed by atoms with Crippen molar-refractivity contribution >= 4 is 33.2 Å². The average molecular weight is 351 g/mol. The molecule has 120 valence electrons. The van der Waals surface area contributed by atoms with Gasteiger partial charge in [0.15, 0.2) is 0 Å². The highest BCUT2D eigenvalue weighted by Crippen LogP contribution is 2.16. The summed E-state index contributed by atoms with van der Waals surface area (Å²) in [5.41, 5.74) is 1.40. The monoisotopic (exact) mass is 350 g/mol. The highest BCUT2D eigenvalue weighted by atomic mass is 35.5. The van der Waals surface area contributed by atoms with Gasteiger partial charge in [-0.1, -0.05) is 29.8 Å². The summed E-state index contributed by atoms with van der Waals surface area (Å²) in [6.45, 7) is 0.566. The van der Waals surface area contributed by atoms with E-state index in [-0.39, 0.29) is 18.7 Å². The molecule has 5 nitrogen and oxygen atoms in total. The largest absolute Gasteiger partial charge is 0.389 e. The van der Waals surface area contributed by atoms with Gasteiger partial charge >= 0.3 is 0 Å². The molecule has 0 fully saturated rings. The van der Waals surface area contributed by atoms with Gasteiger partial charge in [-0.3, -0.25) is 9.36 Å². The van der Waals surface area contributed by atoms with E-state index in [1.54, 1.807) is 12.1 Å². The molecule has 0 aliphatic heterocycles. The van der Waals surface area contributed by atoms with Gasteiger partial charge in [-0.2, -0.15) is 0 Å². The number of rotatable bonds is 6. The summed E-state index contributed by atoms with van der Waals surface area (Å²) in [7, 11) is 0. The van der Waals surface area contributed by atoms with E-state index in [1.807, 2.05) is 23.6 Å². The van der Waals surface area contributed by atoms with Gasteiger partial charge in [-0.15, -0.1) is 11.3 Å². The zero-order valence-electron chi connectivity index (χ0n) is 12.2. The Morgan fingerprint density at radius 3 is 3.00 bits per heavy atom. The van der Waals surface area contributed by atoms with Crippen molar-refractivity contribution in [3.63, 3.8) is 0 Å². The minimum atomic E-state index is -0.797. The zero-order chi connectivity index (χ0) is 16.2. The Morgan fingerprint density at radius 2 is 2.17 bits per heavy atom. The molecule has 0 saturated heterocycles. The number of thiophene rings is 1. The third kappa shape index (κ3) is 3.79. The van der Waals surface area contributed by atoms with E-state index in [9.17, 15) is 9.90 Å². The molecule has 1 N–H and O–H groups in total. The van der Waals surface area contributed by atoms with Crippen LogP contribution >= 0.6 is 22.9 Å². The molecule has 1 aromatic carbocycles. The first kappa shape index (κ1) is 16.1. The number of hydrogen-bond donors (Lipinski definition) is 1. The molecular formula is C16H15ClN2O3S. The molecular weight excluding hydrogens is 336 g/mol. The minimum Gasteiger partial charge on any atom is -0.389 e. The van der Waals surface area contributed by atoms with Crippen LogP contribution in [0.1, 0.15) is 5.56 Å². The van der Waals surface area contributed by atoms with Gasteiger partial charge in [-0.25, -0.2) is 4.98 Å². The predicted molar refractivity (Wildman–Crippen MR) is 91.0 cm³/mol. The molecule has 3 aromatic rings. The van der Waals surface area contributed by atoms with Crippen LogP contribution in [0.25, 0.3) is 10.2 Å². The predicted octanol–water partition coefficient (Wildman–Crippen LogP) is 2.69. The Morgan fingerprint density at radius 1 is 1.35 bits per heavy atom. The fourth-order valence-electron chi connectivity index (χ4n) is 2.21. The van der Waals surface area contributed by atoms with Crippen LogP contribution in [0.4, 0.5) is 0 Å². The summed E-state index contributed by atoms with van der Waals surface area (Å²) < 4.78 is 7.48. The van der Waals surface area contributed by atoms with Crippen LogP contribution in [-0.4, -0.2) is 27.4 Å². The number of benzene rings is 1. The first-order chi connectivity index (χ1) is 11.1. The highest BCUT2D eigenvalue weighted by Gasteiger charge is 2.10. The van der Waals surface area contributed by atoms with Gasteiger partial charge in [0.05, 0.1) is 37.7 Å². The van der Waals surface area contributed by atoms with E-state index in [1.165, 1.54) is 22.2 Å². The molecule has 2 aromatic heterocycles. The second kappa shape index (κ2) is 7.23. The van der Waals surface area contributed by atoms with Gasteiger partial charge in [0.25, 0.3) is 5.56 Å². The molecule has 0 bridgehead atoms. The van der Waals surface area contributed by atoms with Crippen molar-refractivity contribution in [3.05, 3.63) is 63.0 Å². The molecule has 0 saturated carbocycles. The summed E-state index contributed by atoms with van der Waals surface area (Å²) in [5.74, 6) is 0. The zero-order valence-corrected chi connectivity index (χ0v) is 13.8. The highest BCUT2D eigenvalue weighted by molar-refractivity contribution is 7.17. The van der Waals surface area contributed by atoms with Crippen LogP contribution in [0.5, 0.6) is 0 Å². The van der Waals surface area contributed by atoms with Crippen molar-refractivity contribution in [2.75, 3.05) is 6.61 Å². The average Bonchev–Trinajstić information content (AvgIpc) is 3.01. The molecule has 7 heteroatoms. The van der Waals surface area contributed by atoms with Crippen molar-refractivity contribution in [1.82, 2.24) is 9.55 Å². The molecule has 23 heavy (non-hydrogen) atoms. The maximum atomic E-state index is 12.2. The molecule has 3 rings (SSSR count). The third-order valence-corrected chi connectivity index (χ3v) is 4.63. The second-order valence-electron chi connectivity index (χ2n) is 5.10. The van der Waals surface area contributed by atoms with E-state index in [2.05, 4.69) is 4.98 Å². The van der Waals surface area contributed by atoms with Gasteiger partial charge in [0.2, 0.25) is 0 Å². The quantitative estimate of drug-likeness (QED) is 0.742. The first-order valence-corrected chi connectivity index (χ1v) is 8.33. The van der Waals surface area contributed by atoms with Crippen LogP contribution in [0.15, 0.2) is 46.8 Å². The Bertz CT molecular complexity index is 862. The lowest BCUT2D eigenvalue weighted by Crippen LogP contribution is -2.29. The summed E-state index contributed by atoms with van der Waals surface area (Å²) in [5, 5.41) is 12.5. The summed E-state index contributed by atoms with van der Waals surface area (Å²) >= 11 is 7.39. The van der Waals surface area contributed by atoms with E-state index in [0.29, 0.717) is 21.8 Å². The van der Waals surface area contributed by atoms with Gasteiger partial charge in [-0.05, 0) is 23.1 Å². The molecule has 0 radical (unpaired) electrons. The van der Waals surface area contributed by atoms with Crippen LogP contribution in [0.3, 0.4) is 0 Å². The van der Waals surface area contributed by atoms with Gasteiger partial charge in [0.1, 0.15) is 4.70 Å². The van der Waals surface area contributed by atoms with Crippen molar-refractivity contribution in [2.24, 2.45) is 0 Å². The fourth-order valence-corrected chi connectivity index (χ4v) is 3.19. The van der Waals surface area contributed by atoms with Crippen LogP contribution < -0.4 is 5.56 Å². The van der Waals surface area contributed by atoms with Crippen LogP contribution in [0.2, 0.25) is 5.02 Å². The molecule has 0 spiro atoms. The van der Waals surface area contributed by atoms with Crippen LogP contribution in [-0.2, 0) is 17.9 Å². The van der Waals surface area contributed by atoms with Gasteiger partial charge in [0, 0.05) is 5.02 Å². The Labute approximate surface area is 141 Å². The maximum Gasteiger partial charge on any atom is 0.271 e. The number of hydrogen-bond acceptors (Lipinski definition) is 5. The molecule has 2 heterocycles. The third-order valence-electron chi connectivity index (χ3n) is 3.37. The Kier molecular flexibility index (Phi) is 5.07. The van der Waals surface area contributed by atoms with Crippen molar-refractivity contribution < 1.29 is 9.84 Å². The van der Waals surface area contributed by atoms with Crippen molar-refractivity contribution in [1.29, 1.82) is 0 Å². The minimum absolute atomic E-state index is 0.111. The number of aliphatic hydroxyl groups is 1. The number of ether oxygens (including phenoxy) is 1. The Hall–Kier alpha value is -1.73. The lowest BCUT2D eigenvalue weighted by molar-refractivity contribution is 0.0199. The number of nitrogens with zero attached hydrogens (tertiary/aromatic N) is 2. The van der Waals surface area contributed by atoms with Crippen molar-refractivity contribution in [2.45, 2.75) is 19.3 Å². The lowest BCUT2D eigenvalue weighted by Gasteiger charge is -2.13. The van der Waals surface area contributed by atoms with Crippen LogP contribution in [0, 0.1) is 0 Å². The number of fused-ring (bicyclic) bond motifs is 1. The SMILES string of the molecule is O=c1c2sccc2ncn1CC(O)COCc1ccccc1Cl. The van der Waals surface area contributed by atoms with E-state index < -0.39 is 6.10 Å². The number of aliphatic hydroxyl groups excluding tert-OH is 1.